The van der Waals surface area contributed by atoms with Crippen molar-refractivity contribution < 1.29 is 9.53 Å². The highest BCUT2D eigenvalue weighted by Gasteiger charge is 2.05. The number of aliphatic imine (C=N–C) groups is 1. The lowest BCUT2D eigenvalue weighted by molar-refractivity contribution is -0.116. The Morgan fingerprint density at radius 2 is 1.93 bits per heavy atom. The molecule has 1 amide bonds. The Balaban J connectivity index is 0.00000420. The molecule has 0 fully saturated rings. The summed E-state index contributed by atoms with van der Waals surface area (Å²) in [6, 6.07) is 13.5. The van der Waals surface area contributed by atoms with E-state index in [1.165, 1.54) is 0 Å². The lowest BCUT2D eigenvalue weighted by atomic mass is 10.1. The summed E-state index contributed by atoms with van der Waals surface area (Å²) in [5, 5.41) is 9.27. The van der Waals surface area contributed by atoms with Crippen molar-refractivity contribution in [3.05, 3.63) is 53.7 Å². The monoisotopic (exact) mass is 511 g/mol. The number of halogens is 1. The summed E-state index contributed by atoms with van der Waals surface area (Å²) in [5.41, 5.74) is 2.00. The van der Waals surface area contributed by atoms with Crippen molar-refractivity contribution in [3.8, 4) is 5.75 Å². The molecule has 0 unspecified atom stereocenters. The molecule has 0 saturated heterocycles. The van der Waals surface area contributed by atoms with Crippen molar-refractivity contribution in [1.29, 1.82) is 0 Å². The van der Waals surface area contributed by atoms with Crippen LogP contribution in [-0.2, 0) is 11.2 Å². The number of guanidine groups is 1. The second-order valence-corrected chi connectivity index (χ2v) is 6.21. The molecule has 0 aliphatic carbocycles. The molecule has 0 saturated carbocycles. The van der Waals surface area contributed by atoms with E-state index in [4.69, 9.17) is 4.74 Å². The highest BCUT2D eigenvalue weighted by molar-refractivity contribution is 14.0. The SMILES string of the molecule is CCNC(=NCCC(=O)Nc1cccc(C)n1)NCCc1ccccc1OC.I. The van der Waals surface area contributed by atoms with Gasteiger partial charge in [0.2, 0.25) is 5.91 Å². The van der Waals surface area contributed by atoms with E-state index in [9.17, 15) is 4.79 Å². The Labute approximate surface area is 189 Å². The van der Waals surface area contributed by atoms with Gasteiger partial charge < -0.3 is 20.7 Å². The number of carbonyl (C=O) groups is 1. The average molecular weight is 511 g/mol. The van der Waals surface area contributed by atoms with E-state index in [1.54, 1.807) is 13.2 Å². The number of ether oxygens (including phenoxy) is 1. The van der Waals surface area contributed by atoms with Crippen LogP contribution in [0.15, 0.2) is 47.5 Å². The normalized spacial score (nSPS) is 10.7. The molecule has 0 bridgehead atoms. The van der Waals surface area contributed by atoms with Crippen molar-refractivity contribution >= 4 is 41.7 Å². The van der Waals surface area contributed by atoms with E-state index in [1.807, 2.05) is 50.2 Å². The highest BCUT2D eigenvalue weighted by Crippen LogP contribution is 2.17. The van der Waals surface area contributed by atoms with Gasteiger partial charge in [0.25, 0.3) is 0 Å². The van der Waals surface area contributed by atoms with Gasteiger partial charge in [0.15, 0.2) is 5.96 Å². The molecular weight excluding hydrogens is 481 g/mol. The lowest BCUT2D eigenvalue weighted by Crippen LogP contribution is -2.38. The first-order valence-electron chi connectivity index (χ1n) is 9.50. The first-order chi connectivity index (χ1) is 13.6. The van der Waals surface area contributed by atoms with Gasteiger partial charge in [-0.25, -0.2) is 4.98 Å². The van der Waals surface area contributed by atoms with Gasteiger partial charge in [-0.1, -0.05) is 24.3 Å². The first kappa shape index (κ1) is 24.7. The summed E-state index contributed by atoms with van der Waals surface area (Å²) >= 11 is 0. The Morgan fingerprint density at radius 1 is 1.14 bits per heavy atom. The summed E-state index contributed by atoms with van der Waals surface area (Å²) in [5.74, 6) is 2.04. The molecule has 158 valence electrons. The average Bonchev–Trinajstić information content (AvgIpc) is 2.68. The van der Waals surface area contributed by atoms with Crippen LogP contribution in [0.1, 0.15) is 24.6 Å². The van der Waals surface area contributed by atoms with Gasteiger partial charge in [0, 0.05) is 25.2 Å². The third-order valence-electron chi connectivity index (χ3n) is 3.99. The smallest absolute Gasteiger partial charge is 0.227 e. The first-order valence-corrected chi connectivity index (χ1v) is 9.50. The van der Waals surface area contributed by atoms with Crippen LogP contribution in [0, 0.1) is 6.92 Å². The minimum absolute atomic E-state index is 0. The molecule has 2 rings (SSSR count). The molecule has 7 nitrogen and oxygen atoms in total. The fourth-order valence-electron chi connectivity index (χ4n) is 2.65. The third kappa shape index (κ3) is 9.12. The third-order valence-corrected chi connectivity index (χ3v) is 3.99. The van der Waals surface area contributed by atoms with Crippen LogP contribution in [0.4, 0.5) is 5.82 Å². The Hall–Kier alpha value is -2.36. The van der Waals surface area contributed by atoms with Crippen molar-refractivity contribution in [2.45, 2.75) is 26.7 Å². The van der Waals surface area contributed by atoms with Crippen molar-refractivity contribution in [1.82, 2.24) is 15.6 Å². The van der Waals surface area contributed by atoms with E-state index in [0.29, 0.717) is 31.3 Å². The molecule has 3 N–H and O–H groups in total. The summed E-state index contributed by atoms with van der Waals surface area (Å²) in [6.07, 6.45) is 1.10. The number of rotatable bonds is 9. The number of benzene rings is 1. The Kier molecular flexibility index (Phi) is 11.7. The fraction of sp³-hybridized carbons (Fsp3) is 0.381. The number of carbonyl (C=O) groups excluding carboxylic acids is 1. The molecule has 1 aromatic carbocycles. The molecule has 29 heavy (non-hydrogen) atoms. The number of amides is 1. The zero-order valence-electron chi connectivity index (χ0n) is 17.2. The molecule has 0 atom stereocenters. The molecule has 2 aromatic rings. The quantitative estimate of drug-likeness (QED) is 0.274. The van der Waals surface area contributed by atoms with Crippen molar-refractivity contribution in [2.24, 2.45) is 4.99 Å². The lowest BCUT2D eigenvalue weighted by Gasteiger charge is -2.12. The standard InChI is InChI=1S/C21H29N5O2.HI/c1-4-22-21(23-14-12-17-9-5-6-10-18(17)28-3)24-15-13-20(27)26-19-11-7-8-16(2)25-19;/h5-11H,4,12-15H2,1-3H3,(H2,22,23,24)(H,25,26,27);1H. The summed E-state index contributed by atoms with van der Waals surface area (Å²) in [7, 11) is 1.68. The minimum atomic E-state index is -0.105. The number of pyridine rings is 1. The van der Waals surface area contributed by atoms with Crippen LogP contribution >= 0.6 is 24.0 Å². The Morgan fingerprint density at radius 3 is 2.66 bits per heavy atom. The fourth-order valence-corrected chi connectivity index (χ4v) is 2.65. The summed E-state index contributed by atoms with van der Waals surface area (Å²) < 4.78 is 5.37. The number of hydrogen-bond acceptors (Lipinski definition) is 4. The van der Waals surface area contributed by atoms with E-state index >= 15 is 0 Å². The topological polar surface area (TPSA) is 87.6 Å². The predicted octanol–water partition coefficient (Wildman–Crippen LogP) is 3.14. The predicted molar refractivity (Wildman–Crippen MR) is 128 cm³/mol. The number of anilines is 1. The largest absolute Gasteiger partial charge is 0.496 e. The molecule has 8 heteroatoms. The van der Waals surface area contributed by atoms with Gasteiger partial charge in [0.1, 0.15) is 11.6 Å². The number of methoxy groups -OCH3 is 1. The van der Waals surface area contributed by atoms with E-state index in [2.05, 4.69) is 25.9 Å². The molecule has 0 aliphatic heterocycles. The second-order valence-electron chi connectivity index (χ2n) is 6.21. The van der Waals surface area contributed by atoms with Gasteiger partial charge in [0.05, 0.1) is 13.7 Å². The van der Waals surface area contributed by atoms with Crippen LogP contribution in [0.3, 0.4) is 0 Å². The van der Waals surface area contributed by atoms with Crippen LogP contribution in [0.2, 0.25) is 0 Å². The number of aryl methyl sites for hydroxylation is 1. The Bertz CT molecular complexity index is 798. The van der Waals surface area contributed by atoms with Crippen LogP contribution in [0.25, 0.3) is 0 Å². The molecule has 0 spiro atoms. The summed E-state index contributed by atoms with van der Waals surface area (Å²) in [4.78, 5) is 20.8. The van der Waals surface area contributed by atoms with E-state index in [0.717, 1.165) is 30.0 Å². The number of aromatic nitrogens is 1. The molecule has 1 heterocycles. The maximum atomic E-state index is 12.1. The number of nitrogens with zero attached hydrogens (tertiary/aromatic N) is 2. The molecular formula is C21H30IN5O2. The molecule has 0 aliphatic rings. The van der Waals surface area contributed by atoms with Crippen LogP contribution < -0.4 is 20.7 Å². The van der Waals surface area contributed by atoms with E-state index in [-0.39, 0.29) is 29.9 Å². The van der Waals surface area contributed by atoms with Gasteiger partial charge in [-0.3, -0.25) is 9.79 Å². The molecule has 0 radical (unpaired) electrons. The van der Waals surface area contributed by atoms with E-state index < -0.39 is 0 Å². The molecule has 1 aromatic heterocycles. The maximum absolute atomic E-state index is 12.1. The number of hydrogen-bond donors (Lipinski definition) is 3. The zero-order chi connectivity index (χ0) is 20.2. The van der Waals surface area contributed by atoms with Gasteiger partial charge >= 0.3 is 0 Å². The van der Waals surface area contributed by atoms with Crippen molar-refractivity contribution in [2.75, 3.05) is 32.1 Å². The van der Waals surface area contributed by atoms with Gasteiger partial charge in [-0.2, -0.15) is 0 Å². The maximum Gasteiger partial charge on any atom is 0.227 e. The van der Waals surface area contributed by atoms with Crippen LogP contribution in [-0.4, -0.2) is 43.6 Å². The minimum Gasteiger partial charge on any atom is -0.496 e. The zero-order valence-corrected chi connectivity index (χ0v) is 19.5. The van der Waals surface area contributed by atoms with Crippen LogP contribution in [0.5, 0.6) is 5.75 Å². The number of para-hydroxylation sites is 1. The number of nitrogens with one attached hydrogen (secondary N) is 3. The highest BCUT2D eigenvalue weighted by atomic mass is 127. The second kappa shape index (κ2) is 13.8. The summed E-state index contributed by atoms with van der Waals surface area (Å²) in [6.45, 7) is 5.75. The van der Waals surface area contributed by atoms with Gasteiger partial charge in [-0.05, 0) is 44.0 Å². The van der Waals surface area contributed by atoms with Gasteiger partial charge in [-0.15, -0.1) is 24.0 Å². The van der Waals surface area contributed by atoms with Crippen molar-refractivity contribution in [3.63, 3.8) is 0 Å².